The molecule has 0 spiro atoms. The molecule has 2 aliphatic carbocycles. The average molecular weight is 563 g/mol. The number of nitrogens with zero attached hydrogens (tertiary/aromatic N) is 2. The summed E-state index contributed by atoms with van der Waals surface area (Å²) in [7, 11) is 4.04. The van der Waals surface area contributed by atoms with E-state index in [9.17, 15) is 10.2 Å². The van der Waals surface area contributed by atoms with Crippen LogP contribution in [0, 0.1) is 0 Å². The SMILES string of the molecule is CN(C)[C@H](CN(C[C@H](O)CO[C@@H]1CCCc2ccccc21)C[C@@H](O)CO[C@@H]1CCCc2ccccc21)c1ccco1. The monoisotopic (exact) mass is 562 g/mol. The van der Waals surface area contributed by atoms with Crippen LogP contribution in [0.5, 0.6) is 0 Å². The molecule has 7 heteroatoms. The van der Waals surface area contributed by atoms with Gasteiger partial charge in [-0.1, -0.05) is 48.5 Å². The summed E-state index contributed by atoms with van der Waals surface area (Å²) in [4.78, 5) is 4.22. The molecular formula is C34H46N2O5. The molecule has 2 N–H and O–H groups in total. The van der Waals surface area contributed by atoms with Crippen molar-refractivity contribution < 1.29 is 24.1 Å². The number of fused-ring (bicyclic) bond motifs is 2. The number of likely N-dealkylation sites (N-methyl/N-ethyl adjacent to an activating group) is 1. The number of ether oxygens (including phenoxy) is 2. The number of aryl methyl sites for hydroxylation is 2. The van der Waals surface area contributed by atoms with E-state index < -0.39 is 12.2 Å². The predicted molar refractivity (Wildman–Crippen MR) is 160 cm³/mol. The van der Waals surface area contributed by atoms with E-state index in [1.807, 2.05) is 26.2 Å². The molecule has 0 radical (unpaired) electrons. The third kappa shape index (κ3) is 8.07. The molecule has 41 heavy (non-hydrogen) atoms. The molecule has 1 aromatic heterocycles. The lowest BCUT2D eigenvalue weighted by molar-refractivity contribution is -0.0495. The molecule has 1 heterocycles. The van der Waals surface area contributed by atoms with E-state index >= 15 is 0 Å². The molecule has 3 aromatic rings. The summed E-state index contributed by atoms with van der Waals surface area (Å²) in [6, 6.07) is 20.8. The molecule has 5 atom stereocenters. The zero-order chi connectivity index (χ0) is 28.6. The van der Waals surface area contributed by atoms with E-state index in [1.54, 1.807) is 6.26 Å². The minimum Gasteiger partial charge on any atom is -0.468 e. The second-order valence-corrected chi connectivity index (χ2v) is 11.8. The quantitative estimate of drug-likeness (QED) is 0.283. The van der Waals surface area contributed by atoms with Crippen LogP contribution in [0.3, 0.4) is 0 Å². The lowest BCUT2D eigenvalue weighted by atomic mass is 9.89. The highest BCUT2D eigenvalue weighted by Gasteiger charge is 2.27. The topological polar surface area (TPSA) is 78.5 Å². The van der Waals surface area contributed by atoms with Gasteiger partial charge >= 0.3 is 0 Å². The molecule has 0 unspecified atom stereocenters. The first-order valence-electron chi connectivity index (χ1n) is 15.1. The highest BCUT2D eigenvalue weighted by atomic mass is 16.5. The molecule has 2 aliphatic rings. The fourth-order valence-electron chi connectivity index (χ4n) is 6.38. The van der Waals surface area contributed by atoms with Crippen molar-refractivity contribution in [2.75, 3.05) is 46.9 Å². The lowest BCUT2D eigenvalue weighted by Gasteiger charge is -2.34. The van der Waals surface area contributed by atoms with Crippen LogP contribution in [0.2, 0.25) is 0 Å². The van der Waals surface area contributed by atoms with Gasteiger partial charge in [-0.05, 0) is 87.0 Å². The molecule has 0 bridgehead atoms. The van der Waals surface area contributed by atoms with Gasteiger partial charge in [-0.25, -0.2) is 0 Å². The molecule has 5 rings (SSSR count). The summed E-state index contributed by atoms with van der Waals surface area (Å²) < 4.78 is 18.3. The maximum atomic E-state index is 11.1. The van der Waals surface area contributed by atoms with Crippen molar-refractivity contribution in [2.45, 2.75) is 69.0 Å². The fraction of sp³-hybridized carbons (Fsp3) is 0.529. The van der Waals surface area contributed by atoms with E-state index in [-0.39, 0.29) is 31.5 Å². The van der Waals surface area contributed by atoms with Gasteiger partial charge < -0.3 is 24.1 Å². The number of aliphatic hydroxyl groups excluding tert-OH is 2. The Morgan fingerprint density at radius 3 is 1.78 bits per heavy atom. The molecule has 0 aliphatic heterocycles. The van der Waals surface area contributed by atoms with Crippen LogP contribution in [0.1, 0.15) is 71.9 Å². The van der Waals surface area contributed by atoms with Gasteiger partial charge in [-0.2, -0.15) is 0 Å². The summed E-state index contributed by atoms with van der Waals surface area (Å²) in [6.45, 7) is 1.83. The Morgan fingerprint density at radius 2 is 1.29 bits per heavy atom. The van der Waals surface area contributed by atoms with Crippen LogP contribution < -0.4 is 0 Å². The Morgan fingerprint density at radius 1 is 0.756 bits per heavy atom. The minimum absolute atomic E-state index is 0.0121. The molecule has 222 valence electrons. The van der Waals surface area contributed by atoms with Crippen molar-refractivity contribution in [1.82, 2.24) is 9.80 Å². The second-order valence-electron chi connectivity index (χ2n) is 11.8. The first-order valence-corrected chi connectivity index (χ1v) is 15.1. The molecular weight excluding hydrogens is 516 g/mol. The summed E-state index contributed by atoms with van der Waals surface area (Å²) >= 11 is 0. The van der Waals surface area contributed by atoms with Crippen molar-refractivity contribution >= 4 is 0 Å². The van der Waals surface area contributed by atoms with Gasteiger partial charge in [0.15, 0.2) is 0 Å². The maximum absolute atomic E-state index is 11.1. The van der Waals surface area contributed by atoms with Crippen LogP contribution in [-0.4, -0.2) is 79.2 Å². The van der Waals surface area contributed by atoms with Gasteiger partial charge in [0.25, 0.3) is 0 Å². The van der Waals surface area contributed by atoms with Gasteiger partial charge in [0.2, 0.25) is 0 Å². The van der Waals surface area contributed by atoms with Gasteiger partial charge in [-0.15, -0.1) is 0 Å². The predicted octanol–water partition coefficient (Wildman–Crippen LogP) is 5.09. The molecule has 0 saturated heterocycles. The van der Waals surface area contributed by atoms with Crippen LogP contribution in [0.15, 0.2) is 71.3 Å². The Labute approximate surface area is 244 Å². The zero-order valence-electron chi connectivity index (χ0n) is 24.5. The number of furan rings is 1. The maximum Gasteiger partial charge on any atom is 0.122 e. The molecule has 7 nitrogen and oxygen atoms in total. The van der Waals surface area contributed by atoms with Crippen molar-refractivity contribution in [3.63, 3.8) is 0 Å². The van der Waals surface area contributed by atoms with Gasteiger partial charge in [-0.3, -0.25) is 9.80 Å². The summed E-state index contributed by atoms with van der Waals surface area (Å²) in [5.74, 6) is 0.856. The zero-order valence-corrected chi connectivity index (χ0v) is 24.5. The molecule has 0 saturated carbocycles. The van der Waals surface area contributed by atoms with E-state index in [2.05, 4.69) is 58.3 Å². The third-order valence-electron chi connectivity index (χ3n) is 8.47. The van der Waals surface area contributed by atoms with Crippen molar-refractivity contribution in [2.24, 2.45) is 0 Å². The molecule has 2 aromatic carbocycles. The van der Waals surface area contributed by atoms with E-state index in [4.69, 9.17) is 13.9 Å². The van der Waals surface area contributed by atoms with Gasteiger partial charge in [0.05, 0.1) is 49.9 Å². The lowest BCUT2D eigenvalue weighted by Crippen LogP contribution is -2.44. The summed E-state index contributed by atoms with van der Waals surface area (Å²) in [6.07, 6.45) is 6.61. The van der Waals surface area contributed by atoms with E-state index in [0.717, 1.165) is 44.3 Å². The number of hydrogen-bond donors (Lipinski definition) is 2. The number of hydrogen-bond acceptors (Lipinski definition) is 7. The van der Waals surface area contributed by atoms with Crippen LogP contribution >= 0.6 is 0 Å². The summed E-state index contributed by atoms with van der Waals surface area (Å²) in [5, 5.41) is 22.2. The Kier molecular flexibility index (Phi) is 10.7. The number of aliphatic hydroxyl groups is 2. The number of benzene rings is 2. The average Bonchev–Trinajstić information content (AvgIpc) is 3.52. The van der Waals surface area contributed by atoms with Gasteiger partial charge in [0, 0.05) is 19.6 Å². The Balaban J connectivity index is 1.21. The highest BCUT2D eigenvalue weighted by molar-refractivity contribution is 5.32. The Hall–Kier alpha value is -2.52. The van der Waals surface area contributed by atoms with Crippen molar-refractivity contribution in [1.29, 1.82) is 0 Å². The highest BCUT2D eigenvalue weighted by Crippen LogP contribution is 2.33. The fourth-order valence-corrected chi connectivity index (χ4v) is 6.38. The minimum atomic E-state index is -0.693. The number of rotatable bonds is 14. The molecule has 0 amide bonds. The van der Waals surface area contributed by atoms with E-state index in [1.165, 1.54) is 22.3 Å². The molecule has 0 fully saturated rings. The standard InChI is InChI=1S/C34H46N2O5/c1-35(2)31(34-18-9-19-39-34)22-36(20-27(37)23-40-32-16-7-12-25-10-3-5-14-29(25)32)21-28(38)24-41-33-17-8-13-26-11-4-6-15-30(26)33/h3-6,9-11,14-15,18-19,27-28,31-33,37-38H,7-8,12-13,16-17,20-24H2,1-2H3/t27-,28+,31-,32-,33-/m1/s1. The van der Waals surface area contributed by atoms with Crippen molar-refractivity contribution in [3.8, 4) is 0 Å². The Bertz CT molecular complexity index is 1130. The van der Waals surface area contributed by atoms with Gasteiger partial charge in [0.1, 0.15) is 5.76 Å². The first-order chi connectivity index (χ1) is 20.0. The largest absolute Gasteiger partial charge is 0.468 e. The second kappa shape index (κ2) is 14.6. The normalized spacial score (nSPS) is 20.9. The summed E-state index contributed by atoms with van der Waals surface area (Å²) in [5.41, 5.74) is 5.17. The van der Waals surface area contributed by atoms with Crippen LogP contribution in [-0.2, 0) is 22.3 Å². The third-order valence-corrected chi connectivity index (χ3v) is 8.47. The van der Waals surface area contributed by atoms with Crippen LogP contribution in [0.4, 0.5) is 0 Å². The first kappa shape index (κ1) is 30.0. The van der Waals surface area contributed by atoms with Crippen LogP contribution in [0.25, 0.3) is 0 Å². The van der Waals surface area contributed by atoms with E-state index in [0.29, 0.717) is 19.6 Å². The van der Waals surface area contributed by atoms with Crippen molar-refractivity contribution in [3.05, 3.63) is 94.9 Å². The smallest absolute Gasteiger partial charge is 0.122 e.